The standard InChI is InChI=1S/C15H26O2S/c16-14(9-12-3-1-2-4-12)13-5-7-17-15(10-13)6-8-18-11-15/h12-14,16H,1-11H2. The molecule has 2 nitrogen and oxygen atoms in total. The van der Waals surface area contributed by atoms with E-state index in [1.807, 2.05) is 11.8 Å². The van der Waals surface area contributed by atoms with E-state index in [9.17, 15) is 5.11 Å². The van der Waals surface area contributed by atoms with Gasteiger partial charge in [-0.2, -0.15) is 11.8 Å². The van der Waals surface area contributed by atoms with Crippen LogP contribution in [0.1, 0.15) is 51.4 Å². The number of hydrogen-bond acceptors (Lipinski definition) is 3. The van der Waals surface area contributed by atoms with Gasteiger partial charge in [0.25, 0.3) is 0 Å². The van der Waals surface area contributed by atoms with Gasteiger partial charge in [-0.1, -0.05) is 25.7 Å². The molecule has 2 aliphatic heterocycles. The minimum absolute atomic E-state index is 0.0699. The maximum Gasteiger partial charge on any atom is 0.0783 e. The van der Waals surface area contributed by atoms with Crippen molar-refractivity contribution in [3.8, 4) is 0 Å². The maximum absolute atomic E-state index is 10.5. The van der Waals surface area contributed by atoms with Crippen molar-refractivity contribution in [2.75, 3.05) is 18.1 Å². The Morgan fingerprint density at radius 1 is 1.28 bits per heavy atom. The first-order valence-electron chi connectivity index (χ1n) is 7.67. The van der Waals surface area contributed by atoms with Crippen molar-refractivity contribution < 1.29 is 9.84 Å². The van der Waals surface area contributed by atoms with Crippen LogP contribution in [0, 0.1) is 11.8 Å². The molecule has 2 heterocycles. The van der Waals surface area contributed by atoms with Gasteiger partial charge in [-0.15, -0.1) is 0 Å². The third kappa shape index (κ3) is 2.88. The highest BCUT2D eigenvalue weighted by Gasteiger charge is 2.42. The Morgan fingerprint density at radius 3 is 2.83 bits per heavy atom. The Balaban J connectivity index is 1.54. The summed E-state index contributed by atoms with van der Waals surface area (Å²) in [6, 6.07) is 0. The van der Waals surface area contributed by atoms with Gasteiger partial charge in [0.1, 0.15) is 0 Å². The van der Waals surface area contributed by atoms with E-state index in [0.29, 0.717) is 5.92 Å². The highest BCUT2D eigenvalue weighted by atomic mass is 32.2. The lowest BCUT2D eigenvalue weighted by Gasteiger charge is -2.40. The summed E-state index contributed by atoms with van der Waals surface area (Å²) in [7, 11) is 0. The zero-order valence-corrected chi connectivity index (χ0v) is 12.1. The van der Waals surface area contributed by atoms with Crippen LogP contribution in [0.4, 0.5) is 0 Å². The third-order valence-corrected chi connectivity index (χ3v) is 6.41. The average Bonchev–Trinajstić information content (AvgIpc) is 3.02. The zero-order valence-electron chi connectivity index (χ0n) is 11.3. The van der Waals surface area contributed by atoms with E-state index < -0.39 is 0 Å². The smallest absolute Gasteiger partial charge is 0.0783 e. The number of hydrogen-bond donors (Lipinski definition) is 1. The second kappa shape index (κ2) is 5.72. The highest BCUT2D eigenvalue weighted by Crippen LogP contribution is 2.42. The maximum atomic E-state index is 10.5. The van der Waals surface area contributed by atoms with E-state index in [2.05, 4.69) is 0 Å². The first-order chi connectivity index (χ1) is 8.77. The van der Waals surface area contributed by atoms with E-state index in [4.69, 9.17) is 4.74 Å². The molecule has 0 aromatic carbocycles. The van der Waals surface area contributed by atoms with Crippen LogP contribution in [0.2, 0.25) is 0 Å². The van der Waals surface area contributed by atoms with Crippen molar-refractivity contribution in [2.24, 2.45) is 11.8 Å². The Labute approximate surface area is 115 Å². The molecule has 0 aromatic rings. The van der Waals surface area contributed by atoms with Crippen LogP contribution in [0.25, 0.3) is 0 Å². The van der Waals surface area contributed by atoms with Crippen molar-refractivity contribution in [1.29, 1.82) is 0 Å². The largest absolute Gasteiger partial charge is 0.393 e. The fourth-order valence-corrected chi connectivity index (χ4v) is 5.42. The minimum atomic E-state index is -0.0699. The third-order valence-electron chi connectivity index (χ3n) is 5.19. The molecular weight excluding hydrogens is 244 g/mol. The fourth-order valence-electron chi connectivity index (χ4n) is 4.04. The summed E-state index contributed by atoms with van der Waals surface area (Å²) in [5.41, 5.74) is 0.129. The Morgan fingerprint density at radius 2 is 2.11 bits per heavy atom. The predicted molar refractivity (Wildman–Crippen MR) is 75.9 cm³/mol. The van der Waals surface area contributed by atoms with Crippen molar-refractivity contribution >= 4 is 11.8 Å². The van der Waals surface area contributed by atoms with Crippen LogP contribution in [-0.4, -0.2) is 34.9 Å². The van der Waals surface area contributed by atoms with Crippen molar-refractivity contribution in [3.05, 3.63) is 0 Å². The molecule has 0 radical (unpaired) electrons. The summed E-state index contributed by atoms with van der Waals surface area (Å²) in [4.78, 5) is 0. The highest BCUT2D eigenvalue weighted by molar-refractivity contribution is 7.99. The molecule has 3 atom stereocenters. The number of rotatable bonds is 3. The Hall–Kier alpha value is 0.270. The molecule has 3 fully saturated rings. The van der Waals surface area contributed by atoms with Crippen LogP contribution in [0.3, 0.4) is 0 Å². The van der Waals surface area contributed by atoms with E-state index in [0.717, 1.165) is 37.5 Å². The molecule has 0 amide bonds. The topological polar surface area (TPSA) is 29.5 Å². The number of ether oxygens (including phenoxy) is 1. The summed E-state index contributed by atoms with van der Waals surface area (Å²) >= 11 is 2.02. The lowest BCUT2D eigenvalue weighted by molar-refractivity contribution is -0.103. The van der Waals surface area contributed by atoms with Gasteiger partial charge < -0.3 is 9.84 Å². The summed E-state index contributed by atoms with van der Waals surface area (Å²) in [5.74, 6) is 3.69. The molecule has 3 heteroatoms. The number of aliphatic hydroxyl groups excluding tert-OH is 1. The molecule has 104 valence electrons. The minimum Gasteiger partial charge on any atom is -0.393 e. The number of aliphatic hydroxyl groups is 1. The summed E-state index contributed by atoms with van der Waals surface area (Å²) in [6.07, 6.45) is 9.81. The quantitative estimate of drug-likeness (QED) is 0.854. The monoisotopic (exact) mass is 270 g/mol. The van der Waals surface area contributed by atoms with Crippen LogP contribution in [-0.2, 0) is 4.74 Å². The molecule has 3 rings (SSSR count). The van der Waals surface area contributed by atoms with E-state index in [1.54, 1.807) is 0 Å². The lowest BCUT2D eigenvalue weighted by atomic mass is 9.79. The van der Waals surface area contributed by atoms with Gasteiger partial charge in [0.2, 0.25) is 0 Å². The molecule has 3 aliphatic rings. The molecule has 0 bridgehead atoms. The van der Waals surface area contributed by atoms with Gasteiger partial charge in [0.05, 0.1) is 11.7 Å². The van der Waals surface area contributed by atoms with Crippen molar-refractivity contribution in [1.82, 2.24) is 0 Å². The lowest BCUT2D eigenvalue weighted by Crippen LogP contribution is -2.43. The Bertz CT molecular complexity index is 270. The molecule has 3 unspecified atom stereocenters. The molecule has 1 aliphatic carbocycles. The molecule has 1 spiro atoms. The van der Waals surface area contributed by atoms with E-state index >= 15 is 0 Å². The first kappa shape index (κ1) is 13.3. The van der Waals surface area contributed by atoms with Gasteiger partial charge in [-0.25, -0.2) is 0 Å². The second-order valence-electron chi connectivity index (χ2n) is 6.54. The van der Waals surface area contributed by atoms with Crippen LogP contribution in [0.15, 0.2) is 0 Å². The predicted octanol–water partition coefficient (Wildman–Crippen LogP) is 3.23. The molecule has 18 heavy (non-hydrogen) atoms. The van der Waals surface area contributed by atoms with Gasteiger partial charge in [-0.05, 0) is 43.3 Å². The van der Waals surface area contributed by atoms with Crippen LogP contribution >= 0.6 is 11.8 Å². The van der Waals surface area contributed by atoms with E-state index in [-0.39, 0.29) is 11.7 Å². The van der Waals surface area contributed by atoms with E-state index in [1.165, 1.54) is 37.9 Å². The van der Waals surface area contributed by atoms with Gasteiger partial charge >= 0.3 is 0 Å². The van der Waals surface area contributed by atoms with Gasteiger partial charge in [-0.3, -0.25) is 0 Å². The van der Waals surface area contributed by atoms with Crippen LogP contribution < -0.4 is 0 Å². The molecule has 1 N–H and O–H groups in total. The summed E-state index contributed by atoms with van der Waals surface area (Å²) in [6.45, 7) is 0.868. The molecule has 2 saturated heterocycles. The zero-order chi connectivity index (χ0) is 12.4. The summed E-state index contributed by atoms with van der Waals surface area (Å²) < 4.78 is 6.04. The summed E-state index contributed by atoms with van der Waals surface area (Å²) in [5, 5.41) is 10.5. The van der Waals surface area contributed by atoms with Crippen molar-refractivity contribution in [3.63, 3.8) is 0 Å². The average molecular weight is 270 g/mol. The van der Waals surface area contributed by atoms with Crippen LogP contribution in [0.5, 0.6) is 0 Å². The molecule has 1 saturated carbocycles. The fraction of sp³-hybridized carbons (Fsp3) is 1.00. The SMILES string of the molecule is OC(CC1CCCC1)C1CCOC2(CCSC2)C1. The Kier molecular flexibility index (Phi) is 4.21. The van der Waals surface area contributed by atoms with Crippen molar-refractivity contribution in [2.45, 2.75) is 63.1 Å². The first-order valence-corrected chi connectivity index (χ1v) is 8.83. The molecular formula is C15H26O2S. The number of thioether (sulfide) groups is 1. The normalized spacial score (nSPS) is 39.5. The second-order valence-corrected chi connectivity index (χ2v) is 7.65. The van der Waals surface area contributed by atoms with Gasteiger partial charge in [0, 0.05) is 12.4 Å². The molecule has 0 aromatic heterocycles. The van der Waals surface area contributed by atoms with Gasteiger partial charge in [0.15, 0.2) is 0 Å².